The molecule has 1 aliphatic rings. The van der Waals surface area contributed by atoms with Gasteiger partial charge in [0, 0.05) is 30.8 Å². The van der Waals surface area contributed by atoms with Crippen molar-refractivity contribution in [2.24, 2.45) is 11.8 Å². The molecule has 0 saturated heterocycles. The van der Waals surface area contributed by atoms with Crippen molar-refractivity contribution in [2.45, 2.75) is 46.3 Å². The molecule has 0 unspecified atom stereocenters. The average Bonchev–Trinajstić information content (AvgIpc) is 2.69. The number of amides is 1. The fraction of sp³-hybridized carbons (Fsp3) is 0.455. The zero-order valence-corrected chi connectivity index (χ0v) is 16.5. The molecule has 27 heavy (non-hydrogen) atoms. The lowest BCUT2D eigenvalue weighted by atomic mass is 9.72. The number of pyridine rings is 1. The van der Waals surface area contributed by atoms with E-state index in [0.29, 0.717) is 6.54 Å². The third kappa shape index (κ3) is 3.83. The van der Waals surface area contributed by atoms with Crippen molar-refractivity contribution in [3.63, 3.8) is 0 Å². The number of ether oxygens (including phenoxy) is 1. The number of benzene rings is 1. The van der Waals surface area contributed by atoms with Gasteiger partial charge < -0.3 is 15.2 Å². The van der Waals surface area contributed by atoms with Crippen LogP contribution in [0, 0.1) is 25.7 Å². The number of fused-ring (bicyclic) bond motifs is 1. The summed E-state index contributed by atoms with van der Waals surface area (Å²) in [4.78, 5) is 16.7. The molecule has 0 fully saturated rings. The molecule has 0 spiro atoms. The van der Waals surface area contributed by atoms with Gasteiger partial charge in [-0.1, -0.05) is 13.0 Å². The van der Waals surface area contributed by atoms with Gasteiger partial charge in [-0.25, -0.2) is 0 Å². The van der Waals surface area contributed by atoms with E-state index in [1.165, 1.54) is 5.56 Å². The number of hydrogen-bond donors (Lipinski definition) is 2. The van der Waals surface area contributed by atoms with Gasteiger partial charge in [-0.3, -0.25) is 9.78 Å². The lowest BCUT2D eigenvalue weighted by molar-refractivity contribution is -0.128. The standard InChI is InChI=1S/C22H28N2O3/c1-13-10-19(27-4)15(3)20-17(13)7-8-18(21(20)25)14(2)22(26)24-12-16-6-5-9-23-11-16/h5-6,9-11,14,18,21,25H,7-8,12H2,1-4H3,(H,24,26)/t14-,18+,21+/m0/s1. The van der Waals surface area contributed by atoms with Gasteiger partial charge in [-0.15, -0.1) is 0 Å². The average molecular weight is 368 g/mol. The van der Waals surface area contributed by atoms with E-state index in [-0.39, 0.29) is 17.7 Å². The van der Waals surface area contributed by atoms with Crippen LogP contribution in [0.2, 0.25) is 0 Å². The summed E-state index contributed by atoms with van der Waals surface area (Å²) >= 11 is 0. The van der Waals surface area contributed by atoms with E-state index >= 15 is 0 Å². The number of aliphatic hydroxyl groups excluding tert-OH is 1. The highest BCUT2D eigenvalue weighted by Gasteiger charge is 2.37. The quantitative estimate of drug-likeness (QED) is 0.850. The summed E-state index contributed by atoms with van der Waals surface area (Å²) in [6.45, 7) is 6.38. The molecule has 1 heterocycles. The lowest BCUT2D eigenvalue weighted by Crippen LogP contribution is -2.37. The molecular formula is C22H28N2O3. The summed E-state index contributed by atoms with van der Waals surface area (Å²) in [6, 6.07) is 5.82. The molecule has 2 N–H and O–H groups in total. The second-order valence-electron chi connectivity index (χ2n) is 7.43. The second-order valence-corrected chi connectivity index (χ2v) is 7.43. The van der Waals surface area contributed by atoms with Crippen molar-refractivity contribution in [3.05, 3.63) is 58.4 Å². The van der Waals surface area contributed by atoms with Gasteiger partial charge in [0.1, 0.15) is 5.75 Å². The number of aromatic nitrogens is 1. The zero-order chi connectivity index (χ0) is 19.6. The fourth-order valence-electron chi connectivity index (χ4n) is 4.16. The largest absolute Gasteiger partial charge is 0.496 e. The van der Waals surface area contributed by atoms with E-state index in [4.69, 9.17) is 4.74 Å². The molecule has 3 rings (SSSR count). The number of hydrogen-bond acceptors (Lipinski definition) is 4. The molecule has 1 aromatic carbocycles. The summed E-state index contributed by atoms with van der Waals surface area (Å²) < 4.78 is 5.47. The second kappa shape index (κ2) is 8.09. The van der Waals surface area contributed by atoms with Crippen molar-refractivity contribution >= 4 is 5.91 Å². The van der Waals surface area contributed by atoms with Crippen LogP contribution in [-0.2, 0) is 17.8 Å². The van der Waals surface area contributed by atoms with Gasteiger partial charge in [0.15, 0.2) is 0 Å². The molecule has 0 aliphatic heterocycles. The zero-order valence-electron chi connectivity index (χ0n) is 16.5. The first-order valence-corrected chi connectivity index (χ1v) is 9.45. The molecule has 3 atom stereocenters. The number of nitrogens with one attached hydrogen (secondary N) is 1. The number of aliphatic hydroxyl groups is 1. The van der Waals surface area contributed by atoms with E-state index < -0.39 is 6.10 Å². The van der Waals surface area contributed by atoms with E-state index in [0.717, 1.165) is 40.8 Å². The van der Waals surface area contributed by atoms with Gasteiger partial charge in [-0.2, -0.15) is 0 Å². The van der Waals surface area contributed by atoms with Crippen molar-refractivity contribution in [2.75, 3.05) is 7.11 Å². The Kier molecular flexibility index (Phi) is 5.80. The first-order chi connectivity index (χ1) is 12.9. The summed E-state index contributed by atoms with van der Waals surface area (Å²) in [5, 5.41) is 14.1. The summed E-state index contributed by atoms with van der Waals surface area (Å²) in [6.07, 6.45) is 4.45. The number of nitrogens with zero attached hydrogens (tertiary/aromatic N) is 1. The molecule has 144 valence electrons. The van der Waals surface area contributed by atoms with Crippen LogP contribution in [0.25, 0.3) is 0 Å². The lowest BCUT2D eigenvalue weighted by Gasteiger charge is -2.35. The molecule has 0 saturated carbocycles. The number of methoxy groups -OCH3 is 1. The van der Waals surface area contributed by atoms with Crippen LogP contribution >= 0.6 is 0 Å². The van der Waals surface area contributed by atoms with Crippen LogP contribution in [-0.4, -0.2) is 23.1 Å². The third-order valence-electron chi connectivity index (χ3n) is 5.82. The summed E-state index contributed by atoms with van der Waals surface area (Å²) in [5.74, 6) is 0.357. The van der Waals surface area contributed by atoms with Gasteiger partial charge in [-0.05, 0) is 66.6 Å². The number of carbonyl (C=O) groups is 1. The Labute approximate surface area is 160 Å². The molecule has 1 amide bonds. The molecule has 0 bridgehead atoms. The number of carbonyl (C=O) groups excluding carboxylic acids is 1. The highest BCUT2D eigenvalue weighted by atomic mass is 16.5. The molecule has 2 aromatic rings. The van der Waals surface area contributed by atoms with Crippen LogP contribution in [0.3, 0.4) is 0 Å². The topological polar surface area (TPSA) is 71.5 Å². The Bertz CT molecular complexity index is 820. The Morgan fingerprint density at radius 3 is 2.89 bits per heavy atom. The Morgan fingerprint density at radius 2 is 2.22 bits per heavy atom. The monoisotopic (exact) mass is 368 g/mol. The van der Waals surface area contributed by atoms with Crippen LogP contribution in [0.4, 0.5) is 0 Å². The van der Waals surface area contributed by atoms with E-state index in [9.17, 15) is 9.90 Å². The Balaban J connectivity index is 1.76. The van der Waals surface area contributed by atoms with E-state index in [2.05, 4.69) is 17.2 Å². The first-order valence-electron chi connectivity index (χ1n) is 9.45. The van der Waals surface area contributed by atoms with Gasteiger partial charge in [0.25, 0.3) is 0 Å². The minimum absolute atomic E-state index is 0.0383. The smallest absolute Gasteiger partial charge is 0.223 e. The first kappa shape index (κ1) is 19.4. The molecule has 0 radical (unpaired) electrons. The third-order valence-corrected chi connectivity index (χ3v) is 5.82. The maximum absolute atomic E-state index is 12.7. The van der Waals surface area contributed by atoms with Crippen LogP contribution in [0.5, 0.6) is 5.75 Å². The van der Waals surface area contributed by atoms with Crippen LogP contribution in [0.15, 0.2) is 30.6 Å². The predicted octanol–water partition coefficient (Wildman–Crippen LogP) is 3.26. The molecule has 5 nitrogen and oxygen atoms in total. The number of rotatable bonds is 5. The minimum Gasteiger partial charge on any atom is -0.496 e. The maximum Gasteiger partial charge on any atom is 0.223 e. The molecule has 5 heteroatoms. The number of aryl methyl sites for hydroxylation is 1. The molecule has 1 aliphatic carbocycles. The Morgan fingerprint density at radius 1 is 1.44 bits per heavy atom. The normalized spacial score (nSPS) is 19.9. The summed E-state index contributed by atoms with van der Waals surface area (Å²) in [5.41, 5.74) is 5.20. The highest BCUT2D eigenvalue weighted by molar-refractivity contribution is 5.78. The maximum atomic E-state index is 12.7. The van der Waals surface area contributed by atoms with Crippen LogP contribution < -0.4 is 10.1 Å². The highest BCUT2D eigenvalue weighted by Crippen LogP contribution is 2.43. The van der Waals surface area contributed by atoms with E-state index in [1.807, 2.05) is 32.0 Å². The van der Waals surface area contributed by atoms with E-state index in [1.54, 1.807) is 19.5 Å². The van der Waals surface area contributed by atoms with Crippen molar-refractivity contribution in [1.82, 2.24) is 10.3 Å². The SMILES string of the molecule is COc1cc(C)c2c(c1C)[C@H](O)[C@@H]([C@H](C)C(=O)NCc1cccnc1)CC2. The van der Waals surface area contributed by atoms with Crippen molar-refractivity contribution in [3.8, 4) is 5.75 Å². The summed E-state index contributed by atoms with van der Waals surface area (Å²) in [7, 11) is 1.65. The van der Waals surface area contributed by atoms with Crippen molar-refractivity contribution in [1.29, 1.82) is 0 Å². The fourth-order valence-corrected chi connectivity index (χ4v) is 4.16. The minimum atomic E-state index is -0.665. The molecular weight excluding hydrogens is 340 g/mol. The molecule has 1 aromatic heterocycles. The predicted molar refractivity (Wildman–Crippen MR) is 104 cm³/mol. The van der Waals surface area contributed by atoms with Gasteiger partial charge in [0.2, 0.25) is 5.91 Å². The van der Waals surface area contributed by atoms with Gasteiger partial charge in [0.05, 0.1) is 13.2 Å². The van der Waals surface area contributed by atoms with Gasteiger partial charge >= 0.3 is 0 Å². The Hall–Kier alpha value is -2.40. The van der Waals surface area contributed by atoms with Crippen LogP contribution in [0.1, 0.15) is 47.3 Å². The van der Waals surface area contributed by atoms with Crippen molar-refractivity contribution < 1.29 is 14.6 Å².